The summed E-state index contributed by atoms with van der Waals surface area (Å²) in [4.78, 5) is 0. The van der Waals surface area contributed by atoms with Gasteiger partial charge >= 0.3 is 10.4 Å². The lowest BCUT2D eigenvalue weighted by Gasteiger charge is -2.15. The van der Waals surface area contributed by atoms with Gasteiger partial charge in [0.2, 0.25) is 5.75 Å². The van der Waals surface area contributed by atoms with Gasteiger partial charge in [0.05, 0.1) is 7.11 Å². The van der Waals surface area contributed by atoms with Crippen molar-refractivity contribution in [1.82, 2.24) is 0 Å². The minimum absolute atomic E-state index is 0.0517. The molecule has 2 rings (SSSR count). The van der Waals surface area contributed by atoms with Crippen LogP contribution in [0, 0.1) is 0 Å². The summed E-state index contributed by atoms with van der Waals surface area (Å²) < 4.78 is 36.7. The number of aliphatic hydroxyl groups excluding tert-OH is 1. The topological polar surface area (TPSA) is 120 Å². The molecule has 0 saturated heterocycles. The molecule has 1 aromatic rings. The molecule has 0 aromatic heterocycles. The molecule has 0 aliphatic carbocycles. The molecule has 1 unspecified atom stereocenters. The van der Waals surface area contributed by atoms with E-state index in [4.69, 9.17) is 10.5 Å². The molecule has 1 atom stereocenters. The Hall–Kier alpha value is -1.87. The molecule has 9 heteroatoms. The standard InChI is InChI=1S/C9H12N2O6S/c1-4(12)11-8-7(10)5(15-2)3-6-9(8)17-18(13,14)16-6/h3-4,11-12H,10H2,1-2H3. The third kappa shape index (κ3) is 2.09. The van der Waals surface area contributed by atoms with Gasteiger partial charge in [-0.3, -0.25) is 0 Å². The van der Waals surface area contributed by atoms with E-state index >= 15 is 0 Å². The molecule has 0 radical (unpaired) electrons. The number of nitrogens with two attached hydrogens (primary N) is 1. The Morgan fingerprint density at radius 1 is 1.50 bits per heavy atom. The molecule has 0 bridgehead atoms. The summed E-state index contributed by atoms with van der Waals surface area (Å²) in [6.45, 7) is 1.44. The van der Waals surface area contributed by atoms with Gasteiger partial charge in [0.1, 0.15) is 23.4 Å². The van der Waals surface area contributed by atoms with Crippen LogP contribution >= 0.6 is 0 Å². The Kier molecular flexibility index (Phi) is 2.87. The number of hydrogen-bond donors (Lipinski definition) is 3. The predicted molar refractivity (Wildman–Crippen MR) is 62.9 cm³/mol. The number of aliphatic hydroxyl groups is 1. The van der Waals surface area contributed by atoms with Crippen molar-refractivity contribution in [2.24, 2.45) is 0 Å². The van der Waals surface area contributed by atoms with Crippen LogP contribution in [0.5, 0.6) is 17.2 Å². The zero-order valence-corrected chi connectivity index (χ0v) is 10.4. The largest absolute Gasteiger partial charge is 0.501 e. The van der Waals surface area contributed by atoms with E-state index in [1.807, 2.05) is 0 Å². The number of anilines is 2. The van der Waals surface area contributed by atoms with Crippen molar-refractivity contribution in [2.75, 3.05) is 18.2 Å². The first-order valence-corrected chi connectivity index (χ1v) is 6.26. The van der Waals surface area contributed by atoms with Crippen LogP contribution in [0.1, 0.15) is 6.92 Å². The van der Waals surface area contributed by atoms with Gasteiger partial charge in [-0.25, -0.2) is 0 Å². The molecule has 1 aliphatic heterocycles. The Balaban J connectivity index is 2.60. The highest BCUT2D eigenvalue weighted by atomic mass is 32.3. The second kappa shape index (κ2) is 4.10. The Morgan fingerprint density at radius 2 is 2.17 bits per heavy atom. The summed E-state index contributed by atoms with van der Waals surface area (Å²) in [5.41, 5.74) is 5.98. The van der Waals surface area contributed by atoms with E-state index in [2.05, 4.69) is 13.7 Å². The van der Waals surface area contributed by atoms with Crippen LogP contribution in [0.25, 0.3) is 0 Å². The first kappa shape index (κ1) is 12.6. The van der Waals surface area contributed by atoms with Gasteiger partial charge in [0, 0.05) is 6.07 Å². The SMILES string of the molecule is COc1cc2c(c(NC(C)O)c1N)OS(=O)(=O)O2. The van der Waals surface area contributed by atoms with E-state index in [9.17, 15) is 13.5 Å². The molecule has 0 spiro atoms. The van der Waals surface area contributed by atoms with Crippen molar-refractivity contribution < 1.29 is 26.6 Å². The summed E-state index contributed by atoms with van der Waals surface area (Å²) in [7, 11) is -2.77. The smallest absolute Gasteiger partial charge is 0.494 e. The number of methoxy groups -OCH3 is 1. The molecule has 0 saturated carbocycles. The first-order chi connectivity index (χ1) is 8.34. The molecule has 8 nitrogen and oxygen atoms in total. The van der Waals surface area contributed by atoms with Crippen LogP contribution < -0.4 is 24.2 Å². The Bertz CT molecular complexity index is 583. The Morgan fingerprint density at radius 3 is 2.72 bits per heavy atom. The van der Waals surface area contributed by atoms with Gasteiger partial charge in [0.15, 0.2) is 5.75 Å². The highest BCUT2D eigenvalue weighted by Gasteiger charge is 2.34. The lowest BCUT2D eigenvalue weighted by atomic mass is 10.2. The van der Waals surface area contributed by atoms with E-state index in [0.29, 0.717) is 0 Å². The highest BCUT2D eigenvalue weighted by molar-refractivity contribution is 7.82. The van der Waals surface area contributed by atoms with E-state index in [1.54, 1.807) is 0 Å². The molecule has 1 aromatic carbocycles. The minimum atomic E-state index is -4.14. The summed E-state index contributed by atoms with van der Waals surface area (Å²) in [5, 5.41) is 11.9. The van der Waals surface area contributed by atoms with Crippen LogP contribution in [-0.4, -0.2) is 26.9 Å². The predicted octanol–water partition coefficient (Wildman–Crippen LogP) is 0.0436. The van der Waals surface area contributed by atoms with Gasteiger partial charge in [-0.05, 0) is 6.92 Å². The summed E-state index contributed by atoms with van der Waals surface area (Å²) in [5.74, 6) is 0.0519. The molecule has 100 valence electrons. The molecule has 1 aliphatic rings. The van der Waals surface area contributed by atoms with Gasteiger partial charge in [-0.2, -0.15) is 0 Å². The number of fused-ring (bicyclic) bond motifs is 1. The maximum Gasteiger partial charge on any atom is 0.501 e. The summed E-state index contributed by atoms with van der Waals surface area (Å²) in [6.07, 6.45) is -0.963. The van der Waals surface area contributed by atoms with E-state index in [0.717, 1.165) is 0 Å². The summed E-state index contributed by atoms with van der Waals surface area (Å²) >= 11 is 0. The lowest BCUT2D eigenvalue weighted by molar-refractivity contribution is 0.224. The molecule has 1 heterocycles. The van der Waals surface area contributed by atoms with Crippen LogP contribution in [-0.2, 0) is 10.4 Å². The zero-order valence-electron chi connectivity index (χ0n) is 9.63. The van der Waals surface area contributed by atoms with Crippen molar-refractivity contribution >= 4 is 21.8 Å². The quantitative estimate of drug-likeness (QED) is 0.523. The van der Waals surface area contributed by atoms with Gasteiger partial charge in [-0.15, -0.1) is 8.42 Å². The van der Waals surface area contributed by atoms with Crippen LogP contribution in [0.2, 0.25) is 0 Å². The van der Waals surface area contributed by atoms with Crippen LogP contribution in [0.15, 0.2) is 6.07 Å². The normalized spacial score (nSPS) is 17.3. The fraction of sp³-hybridized carbons (Fsp3) is 0.333. The maximum atomic E-state index is 11.2. The molecule has 0 amide bonds. The number of rotatable bonds is 3. The molecular formula is C9H12N2O6S. The fourth-order valence-corrected chi connectivity index (χ4v) is 2.27. The number of benzene rings is 1. The van der Waals surface area contributed by atoms with Gasteiger partial charge < -0.3 is 29.3 Å². The minimum Gasteiger partial charge on any atom is -0.494 e. The fourth-order valence-electron chi connectivity index (χ4n) is 1.53. The average Bonchev–Trinajstić information content (AvgIpc) is 2.56. The average molecular weight is 276 g/mol. The number of hydrogen-bond acceptors (Lipinski definition) is 8. The van der Waals surface area contributed by atoms with Crippen molar-refractivity contribution in [3.05, 3.63) is 6.07 Å². The van der Waals surface area contributed by atoms with Crippen molar-refractivity contribution in [3.8, 4) is 17.2 Å². The third-order valence-corrected chi connectivity index (χ3v) is 2.95. The first-order valence-electron chi connectivity index (χ1n) is 4.93. The maximum absolute atomic E-state index is 11.2. The second-order valence-corrected chi connectivity index (χ2v) is 4.74. The number of ether oxygens (including phenoxy) is 1. The van der Waals surface area contributed by atoms with Crippen molar-refractivity contribution in [2.45, 2.75) is 13.2 Å². The molecule has 4 N–H and O–H groups in total. The van der Waals surface area contributed by atoms with Gasteiger partial charge in [0.25, 0.3) is 0 Å². The van der Waals surface area contributed by atoms with E-state index in [-0.39, 0.29) is 28.6 Å². The lowest BCUT2D eigenvalue weighted by Crippen LogP contribution is -2.16. The Labute approximate surface area is 104 Å². The highest BCUT2D eigenvalue weighted by Crippen LogP contribution is 2.49. The second-order valence-electron chi connectivity index (χ2n) is 3.59. The number of nitrogen functional groups attached to an aromatic ring is 1. The van der Waals surface area contributed by atoms with E-state index in [1.165, 1.54) is 20.1 Å². The monoisotopic (exact) mass is 276 g/mol. The van der Waals surface area contributed by atoms with Gasteiger partial charge in [-0.1, -0.05) is 0 Å². The van der Waals surface area contributed by atoms with E-state index < -0.39 is 16.6 Å². The molecular weight excluding hydrogens is 264 g/mol. The summed E-state index contributed by atoms with van der Waals surface area (Å²) in [6, 6.07) is 1.29. The zero-order chi connectivity index (χ0) is 13.5. The molecule has 0 fully saturated rings. The van der Waals surface area contributed by atoms with Crippen LogP contribution in [0.4, 0.5) is 11.4 Å². The van der Waals surface area contributed by atoms with Crippen molar-refractivity contribution in [3.63, 3.8) is 0 Å². The van der Waals surface area contributed by atoms with Crippen LogP contribution in [0.3, 0.4) is 0 Å². The third-order valence-electron chi connectivity index (χ3n) is 2.20. The number of nitrogens with one attached hydrogen (secondary N) is 1. The van der Waals surface area contributed by atoms with Crippen molar-refractivity contribution in [1.29, 1.82) is 0 Å². The molecule has 18 heavy (non-hydrogen) atoms.